The summed E-state index contributed by atoms with van der Waals surface area (Å²) < 4.78 is 13.9. The zero-order chi connectivity index (χ0) is 28.5. The van der Waals surface area contributed by atoms with Crippen LogP contribution in [0.25, 0.3) is 5.57 Å². The maximum Gasteiger partial charge on any atom is 0.238 e. The molecule has 7 heteroatoms. The van der Waals surface area contributed by atoms with Crippen molar-refractivity contribution in [2.45, 2.75) is 24.4 Å². The van der Waals surface area contributed by atoms with Crippen molar-refractivity contribution in [1.82, 2.24) is 0 Å². The van der Waals surface area contributed by atoms with E-state index in [4.69, 9.17) is 11.6 Å². The van der Waals surface area contributed by atoms with Crippen molar-refractivity contribution in [3.63, 3.8) is 0 Å². The number of hydrogen-bond donors (Lipinski definition) is 1. The Kier molecular flexibility index (Phi) is 5.73. The first-order valence-electron chi connectivity index (χ1n) is 13.4. The summed E-state index contributed by atoms with van der Waals surface area (Å²) in [4.78, 5) is 45.7. The van der Waals surface area contributed by atoms with Gasteiger partial charge in [0.25, 0.3) is 0 Å². The van der Waals surface area contributed by atoms with Gasteiger partial charge >= 0.3 is 0 Å². The Bertz CT molecular complexity index is 1800. The Morgan fingerprint density at radius 3 is 2.34 bits per heavy atom. The Labute approximate surface area is 241 Å². The van der Waals surface area contributed by atoms with Crippen molar-refractivity contribution in [3.8, 4) is 0 Å². The highest BCUT2D eigenvalue weighted by molar-refractivity contribution is 6.34. The molecule has 0 radical (unpaired) electrons. The van der Waals surface area contributed by atoms with Crippen LogP contribution in [-0.4, -0.2) is 29.6 Å². The Morgan fingerprint density at radius 1 is 0.878 bits per heavy atom. The van der Waals surface area contributed by atoms with Crippen molar-refractivity contribution in [2.75, 3.05) is 10.2 Å². The van der Waals surface area contributed by atoms with Gasteiger partial charge in [-0.2, -0.15) is 0 Å². The number of carbonyl (C=O) groups excluding carboxylic acids is 3. The number of para-hydroxylation sites is 2. The third-order valence-electron chi connectivity index (χ3n) is 8.70. The van der Waals surface area contributed by atoms with E-state index in [2.05, 4.69) is 5.32 Å². The second-order valence-electron chi connectivity index (χ2n) is 10.7. The van der Waals surface area contributed by atoms with Gasteiger partial charge in [0, 0.05) is 28.1 Å². The minimum atomic E-state index is -1.45. The van der Waals surface area contributed by atoms with Gasteiger partial charge in [0.05, 0.1) is 17.0 Å². The van der Waals surface area contributed by atoms with Crippen LogP contribution in [0.2, 0.25) is 5.02 Å². The first-order valence-corrected chi connectivity index (χ1v) is 13.8. The SMILES string of the molecule is CC1=C[C@@H]2N(c3ccccc31)[C@H](C(=O)c1ccccc1Cl)[C@@H](C(=O)c1ccc(F)cc1)[C@@]21C(=O)Nc2ccccc21. The van der Waals surface area contributed by atoms with Crippen molar-refractivity contribution in [3.05, 3.63) is 136 Å². The van der Waals surface area contributed by atoms with Crippen LogP contribution in [0, 0.1) is 11.7 Å². The summed E-state index contributed by atoms with van der Waals surface area (Å²) in [5, 5.41) is 3.27. The number of nitrogens with one attached hydrogen (secondary N) is 1. The number of rotatable bonds is 4. The van der Waals surface area contributed by atoms with Gasteiger partial charge in [-0.1, -0.05) is 66.2 Å². The number of anilines is 2. The van der Waals surface area contributed by atoms with E-state index in [9.17, 15) is 18.8 Å². The highest BCUT2D eigenvalue weighted by atomic mass is 35.5. The van der Waals surface area contributed by atoms with Crippen LogP contribution in [0.1, 0.15) is 38.8 Å². The van der Waals surface area contributed by atoms with Crippen molar-refractivity contribution >= 4 is 46.0 Å². The highest BCUT2D eigenvalue weighted by Crippen LogP contribution is 2.59. The summed E-state index contributed by atoms with van der Waals surface area (Å²) in [5.74, 6) is -2.77. The van der Waals surface area contributed by atoms with Crippen LogP contribution in [0.5, 0.6) is 0 Å². The standard InChI is InChI=1S/C34H24ClFN2O3/c1-19-18-28-34(24-10-4-6-12-26(24)37-33(34)41)29(31(39)20-14-16-21(36)17-15-20)30(32(40)23-9-2-5-11-25(23)35)38(28)27-13-7-3-8-22(19)27/h2-18,28-30H,1H3,(H,37,41)/t28-,29-,30-,34-/m0/s1. The fraction of sp³-hybridized carbons (Fsp3) is 0.147. The van der Waals surface area contributed by atoms with E-state index >= 15 is 0 Å². The summed E-state index contributed by atoms with van der Waals surface area (Å²) in [6, 6.07) is 25.3. The van der Waals surface area contributed by atoms with E-state index < -0.39 is 35.0 Å². The molecule has 1 amide bonds. The largest absolute Gasteiger partial charge is 0.352 e. The van der Waals surface area contributed by atoms with Gasteiger partial charge in [0.2, 0.25) is 5.91 Å². The van der Waals surface area contributed by atoms with E-state index in [1.807, 2.05) is 66.4 Å². The lowest BCUT2D eigenvalue weighted by atomic mass is 9.64. The van der Waals surface area contributed by atoms with Crippen LogP contribution in [0.3, 0.4) is 0 Å². The number of Topliss-reactive ketones (excluding diaryl/α,β-unsaturated/α-hetero) is 2. The van der Waals surface area contributed by atoms with Gasteiger partial charge in [0.1, 0.15) is 17.3 Å². The maximum absolute atomic E-state index is 14.7. The number of nitrogens with zero attached hydrogens (tertiary/aromatic N) is 1. The zero-order valence-corrected chi connectivity index (χ0v) is 22.7. The van der Waals surface area contributed by atoms with Gasteiger partial charge in [0.15, 0.2) is 11.6 Å². The van der Waals surface area contributed by atoms with Crippen molar-refractivity contribution < 1.29 is 18.8 Å². The maximum atomic E-state index is 14.7. The number of halogens is 2. The Balaban J connectivity index is 1.57. The number of hydrogen-bond acceptors (Lipinski definition) is 4. The number of ketones is 2. The molecule has 3 aliphatic heterocycles. The molecule has 202 valence electrons. The van der Waals surface area contributed by atoms with Crippen LogP contribution >= 0.6 is 11.6 Å². The molecule has 41 heavy (non-hydrogen) atoms. The average Bonchev–Trinajstić information content (AvgIpc) is 3.45. The van der Waals surface area contributed by atoms with Crippen LogP contribution in [0.4, 0.5) is 15.8 Å². The molecule has 0 bridgehead atoms. The van der Waals surface area contributed by atoms with E-state index in [0.717, 1.165) is 16.8 Å². The highest BCUT2D eigenvalue weighted by Gasteiger charge is 2.70. The number of allylic oxidation sites excluding steroid dienone is 1. The summed E-state index contributed by atoms with van der Waals surface area (Å²) >= 11 is 6.56. The first-order chi connectivity index (χ1) is 19.8. The number of fused-ring (bicyclic) bond motifs is 6. The second-order valence-corrected chi connectivity index (χ2v) is 11.1. The Morgan fingerprint density at radius 2 is 1.56 bits per heavy atom. The van der Waals surface area contributed by atoms with E-state index in [1.165, 1.54) is 24.3 Å². The number of amides is 1. The third kappa shape index (κ3) is 3.50. The molecule has 1 spiro atoms. The van der Waals surface area contributed by atoms with Crippen LogP contribution in [0.15, 0.2) is 103 Å². The van der Waals surface area contributed by atoms with Gasteiger partial charge in [-0.15, -0.1) is 0 Å². The van der Waals surface area contributed by atoms with E-state index in [1.54, 1.807) is 24.3 Å². The number of benzene rings is 4. The van der Waals surface area contributed by atoms with Gasteiger partial charge < -0.3 is 10.2 Å². The first kappa shape index (κ1) is 25.4. The molecule has 1 N–H and O–H groups in total. The monoisotopic (exact) mass is 562 g/mol. The predicted octanol–water partition coefficient (Wildman–Crippen LogP) is 6.73. The molecular formula is C34H24ClFN2O3. The lowest BCUT2D eigenvalue weighted by Crippen LogP contribution is -2.51. The molecule has 0 unspecified atom stereocenters. The minimum absolute atomic E-state index is 0.221. The van der Waals surface area contributed by atoms with E-state index in [0.29, 0.717) is 11.3 Å². The molecule has 5 nitrogen and oxygen atoms in total. The average molecular weight is 563 g/mol. The van der Waals surface area contributed by atoms with Crippen LogP contribution in [-0.2, 0) is 10.2 Å². The molecule has 3 heterocycles. The summed E-state index contributed by atoms with van der Waals surface area (Å²) in [6.07, 6.45) is 1.99. The van der Waals surface area contributed by atoms with Crippen molar-refractivity contribution in [1.29, 1.82) is 0 Å². The van der Waals surface area contributed by atoms with Gasteiger partial charge in [-0.05, 0) is 66.6 Å². The second kappa shape index (κ2) is 9.25. The lowest BCUT2D eigenvalue weighted by molar-refractivity contribution is -0.121. The third-order valence-corrected chi connectivity index (χ3v) is 9.03. The zero-order valence-electron chi connectivity index (χ0n) is 22.0. The fourth-order valence-electron chi connectivity index (χ4n) is 7.00. The van der Waals surface area contributed by atoms with Gasteiger partial charge in [-0.3, -0.25) is 14.4 Å². The number of carbonyl (C=O) groups is 3. The van der Waals surface area contributed by atoms with Crippen molar-refractivity contribution in [2.24, 2.45) is 5.92 Å². The molecule has 0 aliphatic carbocycles. The fourth-order valence-corrected chi connectivity index (χ4v) is 7.23. The quantitative estimate of drug-likeness (QED) is 0.280. The topological polar surface area (TPSA) is 66.5 Å². The molecule has 4 aromatic rings. The molecule has 1 fully saturated rings. The molecule has 0 saturated carbocycles. The molecule has 0 aromatic heterocycles. The smallest absolute Gasteiger partial charge is 0.238 e. The summed E-state index contributed by atoms with van der Waals surface area (Å²) in [6.45, 7) is 1.97. The predicted molar refractivity (Wildman–Crippen MR) is 157 cm³/mol. The normalized spacial score (nSPS) is 23.9. The molecule has 1 saturated heterocycles. The molecule has 7 rings (SSSR count). The molecule has 3 aliphatic rings. The summed E-state index contributed by atoms with van der Waals surface area (Å²) in [7, 11) is 0. The Hall–Kier alpha value is -4.55. The van der Waals surface area contributed by atoms with Gasteiger partial charge in [-0.25, -0.2) is 4.39 Å². The summed E-state index contributed by atoms with van der Waals surface area (Å²) in [5.41, 5.74) is 2.91. The molecular weight excluding hydrogens is 539 g/mol. The lowest BCUT2D eigenvalue weighted by Gasteiger charge is -2.39. The van der Waals surface area contributed by atoms with E-state index in [-0.39, 0.29) is 27.8 Å². The minimum Gasteiger partial charge on any atom is -0.352 e. The molecule has 4 atom stereocenters. The molecule has 4 aromatic carbocycles. The van der Waals surface area contributed by atoms with Crippen LogP contribution < -0.4 is 10.2 Å².